The molecule has 0 heterocycles. The minimum Gasteiger partial charge on any atom is -0.294 e. The third-order valence-corrected chi connectivity index (χ3v) is 8.83. The Morgan fingerprint density at radius 2 is 1.29 bits per heavy atom. The van der Waals surface area contributed by atoms with E-state index in [2.05, 4.69) is 41.5 Å². The Morgan fingerprint density at radius 1 is 0.839 bits per heavy atom. The molecule has 0 amide bonds. The molecule has 6 unspecified atom stereocenters. The number of ketones is 1. The van der Waals surface area contributed by atoms with Crippen LogP contribution < -0.4 is 0 Å². The Kier molecular flexibility index (Phi) is 8.05. The number of carbonyl (C=O) groups excluding carboxylic acids is 1. The summed E-state index contributed by atoms with van der Waals surface area (Å²) in [5.41, 5.74) is -0.460. The van der Waals surface area contributed by atoms with Crippen LogP contribution in [0.5, 0.6) is 0 Å². The summed E-state index contributed by atoms with van der Waals surface area (Å²) < 4.78 is 0. The zero-order valence-corrected chi connectivity index (χ0v) is 20.8. The van der Waals surface area contributed by atoms with Crippen molar-refractivity contribution in [1.29, 1.82) is 0 Å². The summed E-state index contributed by atoms with van der Waals surface area (Å²) in [6.45, 7) is 13.8. The molecule has 2 fully saturated rings. The van der Waals surface area contributed by atoms with Crippen molar-refractivity contribution in [1.82, 2.24) is 0 Å². The van der Waals surface area contributed by atoms with E-state index in [0.29, 0.717) is 41.1 Å². The van der Waals surface area contributed by atoms with Crippen LogP contribution >= 0.6 is 0 Å². The van der Waals surface area contributed by atoms with Gasteiger partial charge in [-0.2, -0.15) is 0 Å². The first-order chi connectivity index (χ1) is 14.6. The van der Waals surface area contributed by atoms with E-state index in [9.17, 15) is 4.79 Å². The first kappa shape index (κ1) is 24.5. The zero-order valence-electron chi connectivity index (χ0n) is 20.8. The third kappa shape index (κ3) is 5.44. The first-order valence-electron chi connectivity index (χ1n) is 12.9. The highest BCUT2D eigenvalue weighted by Crippen LogP contribution is 2.54. The van der Waals surface area contributed by atoms with Crippen LogP contribution in [0.3, 0.4) is 0 Å². The predicted molar refractivity (Wildman–Crippen MR) is 128 cm³/mol. The van der Waals surface area contributed by atoms with Gasteiger partial charge in [-0.05, 0) is 73.0 Å². The van der Waals surface area contributed by atoms with Crippen LogP contribution in [0.15, 0.2) is 30.3 Å². The van der Waals surface area contributed by atoms with Crippen LogP contribution in [0.2, 0.25) is 0 Å². The van der Waals surface area contributed by atoms with Crippen LogP contribution in [0.1, 0.15) is 96.8 Å². The molecule has 0 aliphatic heterocycles. The summed E-state index contributed by atoms with van der Waals surface area (Å²) in [6, 6.07) is 9.54. The van der Waals surface area contributed by atoms with Gasteiger partial charge in [-0.3, -0.25) is 4.79 Å². The van der Waals surface area contributed by atoms with E-state index < -0.39 is 5.60 Å². The molecule has 3 rings (SSSR count). The molecule has 2 aliphatic rings. The molecule has 1 radical (unpaired) electrons. The molecule has 173 valence electrons. The van der Waals surface area contributed by atoms with Gasteiger partial charge in [0, 0.05) is 12.0 Å². The molecule has 0 aromatic heterocycles. The lowest BCUT2D eigenvalue weighted by atomic mass is 9.53. The standard InChI is InChI=1S/C29H45O2/c1-19(2)24-14-12-21(5)16-26(24)29(31,18-28(30)23-10-8-7-9-11-23)27-17-22(6)13-15-25(27)20(3)4/h7-11,19-22,24-27H,12-18H2,1-6H3. The zero-order chi connectivity index (χ0) is 22.8. The fourth-order valence-electron chi connectivity index (χ4n) is 7.04. The molecule has 0 saturated heterocycles. The van der Waals surface area contributed by atoms with E-state index in [-0.39, 0.29) is 24.0 Å². The predicted octanol–water partition coefficient (Wildman–Crippen LogP) is 7.85. The molecule has 31 heavy (non-hydrogen) atoms. The maximum Gasteiger partial charge on any atom is 0.165 e. The molecule has 2 heteroatoms. The molecule has 2 nitrogen and oxygen atoms in total. The second kappa shape index (κ2) is 10.2. The summed E-state index contributed by atoms with van der Waals surface area (Å²) in [4.78, 5) is 13.5. The monoisotopic (exact) mass is 425 g/mol. The molecule has 1 aromatic rings. The quantitative estimate of drug-likeness (QED) is 0.410. The molecular weight excluding hydrogens is 380 g/mol. The number of Topliss-reactive ketones (excluding diaryl/α,β-unsaturated/α-hetero) is 1. The lowest BCUT2D eigenvalue weighted by Gasteiger charge is -2.53. The van der Waals surface area contributed by atoms with Crippen molar-refractivity contribution in [2.24, 2.45) is 47.3 Å². The van der Waals surface area contributed by atoms with Gasteiger partial charge in [0.2, 0.25) is 0 Å². The smallest absolute Gasteiger partial charge is 0.165 e. The molecule has 1 aromatic carbocycles. The van der Waals surface area contributed by atoms with Crippen LogP contribution in [-0.4, -0.2) is 11.4 Å². The van der Waals surface area contributed by atoms with E-state index >= 15 is 5.11 Å². The lowest BCUT2D eigenvalue weighted by molar-refractivity contribution is -0.182. The molecule has 6 atom stereocenters. The first-order valence-corrected chi connectivity index (χ1v) is 12.9. The van der Waals surface area contributed by atoms with Gasteiger partial charge in [0.25, 0.3) is 0 Å². The van der Waals surface area contributed by atoms with Crippen LogP contribution in [0.4, 0.5) is 0 Å². The summed E-state index contributed by atoms with van der Waals surface area (Å²) >= 11 is 0. The van der Waals surface area contributed by atoms with E-state index in [1.165, 1.54) is 12.8 Å². The molecular formula is C29H45O2. The average Bonchev–Trinajstić information content (AvgIpc) is 2.73. The van der Waals surface area contributed by atoms with Crippen LogP contribution in [0, 0.1) is 47.3 Å². The van der Waals surface area contributed by atoms with Crippen molar-refractivity contribution in [3.63, 3.8) is 0 Å². The Bertz CT molecular complexity index is 675. The van der Waals surface area contributed by atoms with Crippen molar-refractivity contribution in [2.75, 3.05) is 0 Å². The van der Waals surface area contributed by atoms with Crippen molar-refractivity contribution in [3.8, 4) is 0 Å². The second-order valence-electron chi connectivity index (χ2n) is 11.8. The summed E-state index contributed by atoms with van der Waals surface area (Å²) in [7, 11) is 0. The fourth-order valence-corrected chi connectivity index (χ4v) is 7.04. The largest absolute Gasteiger partial charge is 0.294 e. The molecule has 2 aliphatic carbocycles. The maximum absolute atomic E-state index is 15.3. The number of carbonyl (C=O) groups is 1. The minimum absolute atomic E-state index is 0.0528. The number of hydrogen-bond acceptors (Lipinski definition) is 1. The van der Waals surface area contributed by atoms with Gasteiger partial charge in [-0.25, -0.2) is 5.11 Å². The number of benzene rings is 1. The molecule has 2 saturated carbocycles. The van der Waals surface area contributed by atoms with Crippen LogP contribution in [-0.2, 0) is 5.11 Å². The fraction of sp³-hybridized carbons (Fsp3) is 0.759. The molecule has 0 N–H and O–H groups in total. The normalized spacial score (nSPS) is 34.0. The van der Waals surface area contributed by atoms with E-state index in [1.807, 2.05) is 30.3 Å². The number of rotatable bonds is 7. The van der Waals surface area contributed by atoms with Gasteiger partial charge < -0.3 is 0 Å². The highest BCUT2D eigenvalue weighted by Gasteiger charge is 2.55. The van der Waals surface area contributed by atoms with Gasteiger partial charge in [0.1, 0.15) is 5.60 Å². The summed E-state index contributed by atoms with van der Waals surface area (Å²) in [6.07, 6.45) is 6.86. The Morgan fingerprint density at radius 3 is 1.71 bits per heavy atom. The Hall–Kier alpha value is -1.15. The van der Waals surface area contributed by atoms with Gasteiger partial charge in [0.15, 0.2) is 5.78 Å². The van der Waals surface area contributed by atoms with Crippen molar-refractivity contribution in [3.05, 3.63) is 35.9 Å². The minimum atomic E-state index is -1.17. The average molecular weight is 426 g/mol. The Labute approximate surface area is 191 Å². The topological polar surface area (TPSA) is 37.0 Å². The highest BCUT2D eigenvalue weighted by molar-refractivity contribution is 5.96. The van der Waals surface area contributed by atoms with E-state index in [4.69, 9.17) is 0 Å². The summed E-state index contributed by atoms with van der Waals surface area (Å²) in [5, 5.41) is 15.3. The van der Waals surface area contributed by atoms with Gasteiger partial charge in [0.05, 0.1) is 0 Å². The second-order valence-corrected chi connectivity index (χ2v) is 11.8. The third-order valence-electron chi connectivity index (χ3n) is 8.83. The SMILES string of the molecule is CC1CCC(C(C)C)C(C([O])(CC(=O)c2ccccc2)C2CC(C)CCC2C(C)C)C1. The van der Waals surface area contributed by atoms with Crippen LogP contribution in [0.25, 0.3) is 0 Å². The van der Waals surface area contributed by atoms with E-state index in [0.717, 1.165) is 25.7 Å². The van der Waals surface area contributed by atoms with Gasteiger partial charge in [-0.1, -0.05) is 84.7 Å². The van der Waals surface area contributed by atoms with Crippen molar-refractivity contribution in [2.45, 2.75) is 92.1 Å². The van der Waals surface area contributed by atoms with Crippen molar-refractivity contribution < 1.29 is 9.90 Å². The highest BCUT2D eigenvalue weighted by atomic mass is 16.3. The van der Waals surface area contributed by atoms with Crippen molar-refractivity contribution >= 4 is 5.78 Å². The van der Waals surface area contributed by atoms with Gasteiger partial charge in [-0.15, -0.1) is 0 Å². The number of hydrogen-bond donors (Lipinski definition) is 0. The summed E-state index contributed by atoms with van der Waals surface area (Å²) in [5.74, 6) is 3.27. The Balaban J connectivity index is 2.04. The lowest BCUT2D eigenvalue weighted by Crippen LogP contribution is -2.55. The maximum atomic E-state index is 15.3. The van der Waals surface area contributed by atoms with E-state index in [1.54, 1.807) is 0 Å². The molecule has 0 bridgehead atoms. The molecule has 0 spiro atoms. The van der Waals surface area contributed by atoms with Gasteiger partial charge >= 0.3 is 0 Å².